The summed E-state index contributed by atoms with van der Waals surface area (Å²) in [5, 5.41) is 3.04. The number of alkyl halides is 1. The van der Waals surface area contributed by atoms with Crippen LogP contribution < -0.4 is 5.32 Å². The molecule has 0 fully saturated rings. The molecule has 1 unspecified atom stereocenters. The largest absolute Gasteiger partial charge is 0.342 e. The average Bonchev–Trinajstić information content (AvgIpc) is 2.48. The monoisotopic (exact) mass is 399 g/mol. The lowest BCUT2D eigenvalue weighted by Crippen LogP contribution is -2.45. The Balaban J connectivity index is 2.27. The predicted octanol–water partition coefficient (Wildman–Crippen LogP) is 4.18. The molecule has 0 heterocycles. The fraction of sp³-hybridized carbons (Fsp3) is 0.188. The summed E-state index contributed by atoms with van der Waals surface area (Å²) in [4.78, 5) is 12.4. The van der Waals surface area contributed by atoms with Crippen LogP contribution in [0, 0.1) is 3.57 Å². The Labute approximate surface area is 137 Å². The van der Waals surface area contributed by atoms with Crippen molar-refractivity contribution in [1.82, 2.24) is 5.32 Å². The summed E-state index contributed by atoms with van der Waals surface area (Å²) in [5.41, 5.74) is 1.08. The zero-order valence-electron chi connectivity index (χ0n) is 11.1. The Kier molecular flexibility index (Phi) is 5.05. The van der Waals surface area contributed by atoms with Crippen LogP contribution >= 0.6 is 34.2 Å². The van der Waals surface area contributed by atoms with E-state index < -0.39 is 5.54 Å². The molecule has 0 aliphatic heterocycles. The number of carbonyl (C=O) groups excluding carboxylic acids is 1. The summed E-state index contributed by atoms with van der Waals surface area (Å²) in [6.07, 6.45) is 0. The number of nitrogens with one attached hydrogen (secondary N) is 1. The highest BCUT2D eigenvalue weighted by molar-refractivity contribution is 14.1. The summed E-state index contributed by atoms with van der Waals surface area (Å²) in [5.74, 6) is 0.202. The fourth-order valence-corrected chi connectivity index (χ4v) is 2.81. The molecule has 0 aliphatic rings. The number of carbonyl (C=O) groups is 1. The molecule has 4 heteroatoms. The van der Waals surface area contributed by atoms with Gasteiger partial charge >= 0.3 is 0 Å². The third kappa shape index (κ3) is 3.33. The summed E-state index contributed by atoms with van der Waals surface area (Å²) in [6, 6.07) is 17.3. The molecule has 0 saturated heterocycles. The van der Waals surface area contributed by atoms with E-state index in [0.717, 1.165) is 9.13 Å². The van der Waals surface area contributed by atoms with Crippen molar-refractivity contribution in [1.29, 1.82) is 0 Å². The van der Waals surface area contributed by atoms with Crippen molar-refractivity contribution in [3.8, 4) is 0 Å². The molecule has 0 aliphatic carbocycles. The number of hydrogen-bond acceptors (Lipinski definition) is 1. The number of hydrogen-bond donors (Lipinski definition) is 1. The van der Waals surface area contributed by atoms with Crippen LogP contribution in [0.25, 0.3) is 0 Å². The van der Waals surface area contributed by atoms with Crippen molar-refractivity contribution in [3.63, 3.8) is 0 Å². The van der Waals surface area contributed by atoms with E-state index in [-0.39, 0.29) is 5.91 Å². The number of benzene rings is 2. The summed E-state index contributed by atoms with van der Waals surface area (Å²) < 4.78 is 0.924. The lowest BCUT2D eigenvalue weighted by atomic mass is 9.93. The van der Waals surface area contributed by atoms with Gasteiger partial charge in [0.1, 0.15) is 0 Å². The van der Waals surface area contributed by atoms with Crippen LogP contribution in [-0.4, -0.2) is 11.8 Å². The molecule has 1 amide bonds. The highest BCUT2D eigenvalue weighted by atomic mass is 127. The second kappa shape index (κ2) is 6.59. The molecule has 2 aromatic rings. The molecular weight excluding hydrogens is 385 g/mol. The molecule has 0 spiro atoms. The van der Waals surface area contributed by atoms with Crippen molar-refractivity contribution in [2.45, 2.75) is 12.5 Å². The van der Waals surface area contributed by atoms with Crippen LogP contribution in [0.5, 0.6) is 0 Å². The molecule has 1 N–H and O–H groups in total. The Bertz CT molecular complexity index is 602. The highest BCUT2D eigenvalue weighted by Gasteiger charge is 2.28. The second-order valence-electron chi connectivity index (χ2n) is 4.77. The standard InChI is InChI=1S/C16H15ClINO/c1-16(11-17,12-7-3-2-4-8-12)19-15(20)13-9-5-6-10-14(13)18/h2-10H,11H2,1H3,(H,19,20). The van der Waals surface area contributed by atoms with E-state index in [1.54, 1.807) is 0 Å². The minimum absolute atomic E-state index is 0.109. The predicted molar refractivity (Wildman–Crippen MR) is 91.1 cm³/mol. The van der Waals surface area contributed by atoms with Crippen LogP contribution in [0.15, 0.2) is 54.6 Å². The Hall–Kier alpha value is -1.07. The van der Waals surface area contributed by atoms with Crippen LogP contribution in [0.4, 0.5) is 0 Å². The smallest absolute Gasteiger partial charge is 0.253 e. The first-order chi connectivity index (χ1) is 9.57. The van der Waals surface area contributed by atoms with Gasteiger partial charge in [0.05, 0.1) is 11.1 Å². The minimum atomic E-state index is -0.585. The molecule has 0 bridgehead atoms. The SMILES string of the molecule is CC(CCl)(NC(=O)c1ccccc1I)c1ccccc1. The van der Waals surface area contributed by atoms with Gasteiger partial charge in [-0.2, -0.15) is 0 Å². The maximum Gasteiger partial charge on any atom is 0.253 e. The van der Waals surface area contributed by atoms with Crippen LogP contribution in [0.1, 0.15) is 22.8 Å². The van der Waals surface area contributed by atoms with Crippen molar-refractivity contribution in [2.75, 3.05) is 5.88 Å². The van der Waals surface area contributed by atoms with Gasteiger partial charge in [-0.3, -0.25) is 4.79 Å². The normalized spacial score (nSPS) is 13.6. The number of halogens is 2. The van der Waals surface area contributed by atoms with Gasteiger partial charge < -0.3 is 5.32 Å². The Morgan fingerprint density at radius 1 is 1.15 bits per heavy atom. The first-order valence-corrected chi connectivity index (χ1v) is 7.87. The van der Waals surface area contributed by atoms with Crippen molar-refractivity contribution < 1.29 is 4.79 Å². The molecule has 2 aromatic carbocycles. The molecule has 104 valence electrons. The van der Waals surface area contributed by atoms with E-state index in [0.29, 0.717) is 11.4 Å². The lowest BCUT2D eigenvalue weighted by molar-refractivity contribution is 0.0912. The zero-order valence-corrected chi connectivity index (χ0v) is 14.0. The van der Waals surface area contributed by atoms with Gasteiger partial charge in [-0.15, -0.1) is 11.6 Å². The van der Waals surface area contributed by atoms with E-state index in [2.05, 4.69) is 27.9 Å². The molecule has 20 heavy (non-hydrogen) atoms. The topological polar surface area (TPSA) is 29.1 Å². The van der Waals surface area contributed by atoms with Gasteiger partial charge in [-0.25, -0.2) is 0 Å². The van der Waals surface area contributed by atoms with Crippen LogP contribution in [-0.2, 0) is 5.54 Å². The zero-order chi connectivity index (χ0) is 14.6. The quantitative estimate of drug-likeness (QED) is 0.607. The summed E-state index contributed by atoms with van der Waals surface area (Å²) in [6.45, 7) is 1.93. The Morgan fingerprint density at radius 2 is 1.75 bits per heavy atom. The third-order valence-electron chi connectivity index (χ3n) is 3.19. The molecule has 2 rings (SSSR count). The number of rotatable bonds is 4. The second-order valence-corrected chi connectivity index (χ2v) is 6.20. The van der Waals surface area contributed by atoms with E-state index in [1.807, 2.05) is 61.5 Å². The van der Waals surface area contributed by atoms with Gasteiger partial charge in [-0.1, -0.05) is 42.5 Å². The fourth-order valence-electron chi connectivity index (χ4n) is 1.95. The van der Waals surface area contributed by atoms with E-state index in [9.17, 15) is 4.79 Å². The molecule has 0 saturated carbocycles. The van der Waals surface area contributed by atoms with Gasteiger partial charge in [0.2, 0.25) is 0 Å². The maximum absolute atomic E-state index is 12.4. The molecule has 2 nitrogen and oxygen atoms in total. The van der Waals surface area contributed by atoms with E-state index in [4.69, 9.17) is 11.6 Å². The van der Waals surface area contributed by atoms with Crippen molar-refractivity contribution in [2.24, 2.45) is 0 Å². The van der Waals surface area contributed by atoms with Crippen LogP contribution in [0.2, 0.25) is 0 Å². The first kappa shape index (κ1) is 15.3. The number of amides is 1. The van der Waals surface area contributed by atoms with E-state index >= 15 is 0 Å². The van der Waals surface area contributed by atoms with Gasteiger partial charge in [-0.05, 0) is 47.2 Å². The maximum atomic E-state index is 12.4. The van der Waals surface area contributed by atoms with E-state index in [1.165, 1.54) is 0 Å². The summed E-state index contributed by atoms with van der Waals surface area (Å²) >= 11 is 8.26. The lowest BCUT2D eigenvalue weighted by Gasteiger charge is -2.29. The first-order valence-electron chi connectivity index (χ1n) is 6.25. The molecular formula is C16H15ClINO. The third-order valence-corrected chi connectivity index (χ3v) is 4.66. The molecule has 0 radical (unpaired) electrons. The van der Waals surface area contributed by atoms with Gasteiger partial charge in [0.25, 0.3) is 5.91 Å². The van der Waals surface area contributed by atoms with Crippen molar-refractivity contribution >= 4 is 40.1 Å². The molecule has 1 atom stereocenters. The highest BCUT2D eigenvalue weighted by Crippen LogP contribution is 2.23. The molecule has 0 aromatic heterocycles. The summed E-state index contributed by atoms with van der Waals surface area (Å²) in [7, 11) is 0. The van der Waals surface area contributed by atoms with Crippen LogP contribution in [0.3, 0.4) is 0 Å². The van der Waals surface area contributed by atoms with Gasteiger partial charge in [0.15, 0.2) is 0 Å². The Morgan fingerprint density at radius 3 is 2.35 bits per heavy atom. The minimum Gasteiger partial charge on any atom is -0.342 e. The van der Waals surface area contributed by atoms with Gasteiger partial charge in [0, 0.05) is 9.45 Å². The van der Waals surface area contributed by atoms with Crippen molar-refractivity contribution in [3.05, 3.63) is 69.3 Å². The average molecular weight is 400 g/mol.